The molecule has 7 heteroatoms. The lowest BCUT2D eigenvalue weighted by atomic mass is 9.84. The monoisotopic (exact) mass is 444 g/mol. The van der Waals surface area contributed by atoms with Gasteiger partial charge in [0, 0.05) is 16.2 Å². The Kier molecular flexibility index (Phi) is 4.30. The fourth-order valence-corrected chi connectivity index (χ4v) is 4.60. The third-order valence-electron chi connectivity index (χ3n) is 5.94. The standard InChI is InChI=1S/C25H18ClFN4O/c1-14-2-4-16(5-3-14)24-21-22(19-12-17(26)8-11-20(19)32-24)30-25-28-13-29-31(25)23(21)15-6-9-18(27)10-7-15/h2-13,23-24H,1H3,(H,28,29,30)/t23-,24+/m1/s1. The van der Waals surface area contributed by atoms with Crippen molar-refractivity contribution in [3.63, 3.8) is 0 Å². The van der Waals surface area contributed by atoms with Crippen molar-refractivity contribution in [1.29, 1.82) is 0 Å². The number of aromatic nitrogens is 3. The largest absolute Gasteiger partial charge is 0.480 e. The van der Waals surface area contributed by atoms with Gasteiger partial charge < -0.3 is 10.1 Å². The Morgan fingerprint density at radius 3 is 2.53 bits per heavy atom. The first kappa shape index (κ1) is 19.1. The first-order chi connectivity index (χ1) is 15.6. The van der Waals surface area contributed by atoms with Crippen molar-refractivity contribution in [2.24, 2.45) is 0 Å². The number of fused-ring (bicyclic) bond motifs is 3. The molecule has 1 aromatic heterocycles. The van der Waals surface area contributed by atoms with E-state index in [9.17, 15) is 4.39 Å². The summed E-state index contributed by atoms with van der Waals surface area (Å²) in [5.74, 6) is 1.05. The maximum atomic E-state index is 13.7. The molecule has 2 aliphatic rings. The van der Waals surface area contributed by atoms with Crippen LogP contribution in [0.1, 0.15) is 34.4 Å². The quantitative estimate of drug-likeness (QED) is 0.415. The Hall–Kier alpha value is -3.64. The number of hydrogen-bond donors (Lipinski definition) is 1. The number of nitrogens with zero attached hydrogens (tertiary/aromatic N) is 3. The zero-order valence-electron chi connectivity index (χ0n) is 17.1. The Balaban J connectivity index is 1.63. The molecule has 2 atom stereocenters. The lowest BCUT2D eigenvalue weighted by Gasteiger charge is -2.39. The van der Waals surface area contributed by atoms with E-state index in [4.69, 9.17) is 16.3 Å². The molecule has 0 amide bonds. The van der Waals surface area contributed by atoms with Crippen LogP contribution in [-0.2, 0) is 0 Å². The highest BCUT2D eigenvalue weighted by atomic mass is 35.5. The highest BCUT2D eigenvalue weighted by molar-refractivity contribution is 6.30. The molecule has 2 aliphatic heterocycles. The number of anilines is 1. The van der Waals surface area contributed by atoms with Crippen LogP contribution in [0.4, 0.5) is 10.3 Å². The third-order valence-corrected chi connectivity index (χ3v) is 6.18. The predicted molar refractivity (Wildman–Crippen MR) is 121 cm³/mol. The van der Waals surface area contributed by atoms with Crippen molar-refractivity contribution < 1.29 is 9.13 Å². The number of halogens is 2. The van der Waals surface area contributed by atoms with Crippen LogP contribution in [0.3, 0.4) is 0 Å². The molecule has 0 bridgehead atoms. The molecule has 0 saturated heterocycles. The molecule has 1 N–H and O–H groups in total. The lowest BCUT2D eigenvalue weighted by Crippen LogP contribution is -2.32. The van der Waals surface area contributed by atoms with Gasteiger partial charge in [-0.05, 0) is 48.4 Å². The summed E-state index contributed by atoms with van der Waals surface area (Å²) in [6.45, 7) is 2.05. The van der Waals surface area contributed by atoms with E-state index in [0.29, 0.717) is 11.0 Å². The number of benzene rings is 3. The molecule has 0 saturated carbocycles. The van der Waals surface area contributed by atoms with E-state index in [1.165, 1.54) is 24.0 Å². The molecule has 0 radical (unpaired) electrons. The lowest BCUT2D eigenvalue weighted by molar-refractivity contribution is 0.223. The van der Waals surface area contributed by atoms with E-state index in [0.717, 1.165) is 33.7 Å². The third kappa shape index (κ3) is 2.99. The van der Waals surface area contributed by atoms with E-state index in [1.54, 1.807) is 12.1 Å². The Morgan fingerprint density at radius 2 is 1.75 bits per heavy atom. The molecular formula is C25H18ClFN4O. The van der Waals surface area contributed by atoms with Gasteiger partial charge in [0.05, 0.1) is 5.70 Å². The zero-order chi connectivity index (χ0) is 21.8. The summed E-state index contributed by atoms with van der Waals surface area (Å²) in [5, 5.41) is 8.53. The van der Waals surface area contributed by atoms with E-state index in [-0.39, 0.29) is 18.0 Å². The van der Waals surface area contributed by atoms with Gasteiger partial charge >= 0.3 is 0 Å². The van der Waals surface area contributed by atoms with Gasteiger partial charge in [0.15, 0.2) is 0 Å². The minimum absolute atomic E-state index is 0.289. The number of hydrogen-bond acceptors (Lipinski definition) is 4. The van der Waals surface area contributed by atoms with E-state index in [1.807, 2.05) is 22.9 Å². The summed E-state index contributed by atoms with van der Waals surface area (Å²) < 4.78 is 22.1. The van der Waals surface area contributed by atoms with Crippen LogP contribution in [-0.4, -0.2) is 14.8 Å². The summed E-state index contributed by atoms with van der Waals surface area (Å²) in [4.78, 5) is 4.40. The molecule has 0 unspecified atom stereocenters. The fourth-order valence-electron chi connectivity index (χ4n) is 4.42. The Bertz CT molecular complexity index is 1360. The minimum Gasteiger partial charge on any atom is -0.480 e. The molecular weight excluding hydrogens is 427 g/mol. The molecule has 158 valence electrons. The molecule has 0 fully saturated rings. The van der Waals surface area contributed by atoms with E-state index < -0.39 is 0 Å². The van der Waals surface area contributed by atoms with Gasteiger partial charge in [-0.1, -0.05) is 53.6 Å². The van der Waals surface area contributed by atoms with Gasteiger partial charge in [-0.25, -0.2) is 9.07 Å². The van der Waals surface area contributed by atoms with Crippen LogP contribution in [0.5, 0.6) is 5.75 Å². The molecule has 3 aromatic carbocycles. The fraction of sp³-hybridized carbons (Fsp3) is 0.120. The van der Waals surface area contributed by atoms with Crippen molar-refractivity contribution in [2.75, 3.05) is 5.32 Å². The van der Waals surface area contributed by atoms with E-state index in [2.05, 4.69) is 46.6 Å². The summed E-state index contributed by atoms with van der Waals surface area (Å²) in [6, 6.07) is 20.0. The van der Waals surface area contributed by atoms with Gasteiger partial charge in [-0.15, -0.1) is 0 Å². The average Bonchev–Trinajstić information content (AvgIpc) is 3.27. The molecule has 0 spiro atoms. The van der Waals surface area contributed by atoms with E-state index >= 15 is 0 Å². The molecule has 32 heavy (non-hydrogen) atoms. The SMILES string of the molecule is Cc1ccc([C@@H]2Oc3ccc(Cl)cc3C3=C2[C@@H](c2ccc(F)cc2)n2ncnc2N3)cc1. The number of nitrogens with one attached hydrogen (secondary N) is 1. The zero-order valence-corrected chi connectivity index (χ0v) is 17.8. The van der Waals surface area contributed by atoms with Crippen LogP contribution in [0.2, 0.25) is 5.02 Å². The summed E-state index contributed by atoms with van der Waals surface area (Å²) in [6.07, 6.45) is 1.14. The second-order valence-electron chi connectivity index (χ2n) is 7.99. The molecule has 0 aliphatic carbocycles. The topological polar surface area (TPSA) is 52.0 Å². The molecule has 4 aromatic rings. The highest BCUT2D eigenvalue weighted by Crippen LogP contribution is 2.51. The van der Waals surface area contributed by atoms with Gasteiger partial charge in [0.2, 0.25) is 5.95 Å². The summed E-state index contributed by atoms with van der Waals surface area (Å²) >= 11 is 6.35. The second-order valence-corrected chi connectivity index (χ2v) is 8.42. The maximum Gasteiger partial charge on any atom is 0.226 e. The van der Waals surface area contributed by atoms with Crippen LogP contribution in [0.15, 0.2) is 78.6 Å². The van der Waals surface area contributed by atoms with Crippen molar-refractivity contribution >= 4 is 23.2 Å². The van der Waals surface area contributed by atoms with Crippen molar-refractivity contribution in [2.45, 2.75) is 19.1 Å². The smallest absolute Gasteiger partial charge is 0.226 e. The molecule has 6 rings (SSSR count). The van der Waals surface area contributed by atoms with Crippen molar-refractivity contribution in [1.82, 2.24) is 14.8 Å². The molecule has 3 heterocycles. The van der Waals surface area contributed by atoms with Gasteiger partial charge in [0.25, 0.3) is 0 Å². The first-order valence-corrected chi connectivity index (χ1v) is 10.7. The number of rotatable bonds is 2. The van der Waals surface area contributed by atoms with Crippen LogP contribution >= 0.6 is 11.6 Å². The Labute approximate surface area is 189 Å². The number of ether oxygens (including phenoxy) is 1. The number of aryl methyl sites for hydroxylation is 1. The van der Waals surface area contributed by atoms with Crippen LogP contribution < -0.4 is 10.1 Å². The second kappa shape index (κ2) is 7.21. The summed E-state index contributed by atoms with van der Waals surface area (Å²) in [7, 11) is 0. The average molecular weight is 445 g/mol. The minimum atomic E-state index is -0.376. The van der Waals surface area contributed by atoms with Gasteiger partial charge in [0.1, 0.15) is 30.0 Å². The van der Waals surface area contributed by atoms with Gasteiger partial charge in [-0.3, -0.25) is 0 Å². The van der Waals surface area contributed by atoms with Crippen molar-refractivity contribution in [3.8, 4) is 5.75 Å². The molecule has 5 nitrogen and oxygen atoms in total. The van der Waals surface area contributed by atoms with Crippen LogP contribution in [0.25, 0.3) is 5.70 Å². The maximum absolute atomic E-state index is 13.7. The predicted octanol–water partition coefficient (Wildman–Crippen LogP) is 5.94. The van der Waals surface area contributed by atoms with Crippen LogP contribution in [0, 0.1) is 12.7 Å². The Morgan fingerprint density at radius 1 is 1.00 bits per heavy atom. The summed E-state index contributed by atoms with van der Waals surface area (Å²) in [5.41, 5.74) is 5.78. The normalized spacial score (nSPS) is 18.8. The first-order valence-electron chi connectivity index (χ1n) is 10.3. The highest BCUT2D eigenvalue weighted by Gasteiger charge is 2.41. The van der Waals surface area contributed by atoms with Crippen molar-refractivity contribution in [3.05, 3.63) is 112 Å². The van der Waals surface area contributed by atoms with Gasteiger partial charge in [-0.2, -0.15) is 10.1 Å².